The Kier molecular flexibility index (Phi) is 4.01. The number of rotatable bonds is 2. The van der Waals surface area contributed by atoms with Crippen LogP contribution in [0.1, 0.15) is 20.8 Å². The molecule has 0 atom stereocenters. The van der Waals surface area contributed by atoms with E-state index in [9.17, 15) is 4.79 Å². The molecule has 0 saturated carbocycles. The van der Waals surface area contributed by atoms with Crippen molar-refractivity contribution in [3.05, 3.63) is 30.6 Å². The van der Waals surface area contributed by atoms with Gasteiger partial charge in [-0.1, -0.05) is 6.07 Å². The van der Waals surface area contributed by atoms with Gasteiger partial charge in [0.25, 0.3) is 0 Å². The highest BCUT2D eigenvalue weighted by Crippen LogP contribution is 2.27. The van der Waals surface area contributed by atoms with Crippen molar-refractivity contribution in [3.63, 3.8) is 0 Å². The molecule has 0 amide bonds. The van der Waals surface area contributed by atoms with Gasteiger partial charge in [-0.2, -0.15) is 14.8 Å². The third-order valence-electron chi connectivity index (χ3n) is 3.35. The number of carbonyl (C=O) groups is 1. The molecule has 9 heteroatoms. The number of benzene rings is 1. The fraction of sp³-hybridized carbons (Fsp3) is 0.250. The van der Waals surface area contributed by atoms with E-state index in [2.05, 4.69) is 20.5 Å². The van der Waals surface area contributed by atoms with Gasteiger partial charge in [0.1, 0.15) is 5.60 Å². The second kappa shape index (κ2) is 6.02. The van der Waals surface area contributed by atoms with Gasteiger partial charge in [-0.15, -0.1) is 0 Å². The van der Waals surface area contributed by atoms with Crippen LogP contribution in [-0.4, -0.2) is 31.4 Å². The topological polar surface area (TPSA) is 134 Å². The van der Waals surface area contributed by atoms with Crippen LogP contribution in [0.2, 0.25) is 0 Å². The molecule has 130 valence electrons. The summed E-state index contributed by atoms with van der Waals surface area (Å²) in [6, 6.07) is 5.50. The maximum absolute atomic E-state index is 12.1. The molecule has 0 aliphatic heterocycles. The minimum atomic E-state index is -0.592. The Morgan fingerprint density at radius 2 is 2.00 bits per heavy atom. The molecule has 25 heavy (non-hydrogen) atoms. The van der Waals surface area contributed by atoms with Crippen LogP contribution in [0.5, 0.6) is 0 Å². The summed E-state index contributed by atoms with van der Waals surface area (Å²) < 4.78 is 6.45. The highest BCUT2D eigenvalue weighted by atomic mass is 16.6. The van der Waals surface area contributed by atoms with Crippen LogP contribution in [0.3, 0.4) is 0 Å². The highest BCUT2D eigenvalue weighted by molar-refractivity contribution is 5.93. The molecule has 2 aromatic heterocycles. The van der Waals surface area contributed by atoms with Crippen LogP contribution >= 0.6 is 0 Å². The number of hydrazine groups is 1. The molecular formula is C16H19N7O2. The van der Waals surface area contributed by atoms with Gasteiger partial charge in [0.15, 0.2) is 5.82 Å². The van der Waals surface area contributed by atoms with Crippen molar-refractivity contribution >= 4 is 28.8 Å². The zero-order valence-electron chi connectivity index (χ0n) is 14.1. The van der Waals surface area contributed by atoms with Gasteiger partial charge in [-0.05, 0) is 38.5 Å². The van der Waals surface area contributed by atoms with Gasteiger partial charge in [0.2, 0.25) is 5.95 Å². The van der Waals surface area contributed by atoms with Crippen LogP contribution in [0.15, 0.2) is 30.6 Å². The number of anilines is 2. The van der Waals surface area contributed by atoms with E-state index in [1.807, 2.05) is 12.1 Å². The van der Waals surface area contributed by atoms with Crippen LogP contribution in [-0.2, 0) is 4.74 Å². The number of hydrogen-bond acceptors (Lipinski definition) is 8. The van der Waals surface area contributed by atoms with E-state index in [1.165, 1.54) is 0 Å². The first-order valence-corrected chi connectivity index (χ1v) is 7.59. The average Bonchev–Trinajstić information content (AvgIpc) is 3.02. The highest BCUT2D eigenvalue weighted by Gasteiger charge is 2.19. The Balaban J connectivity index is 1.97. The molecule has 5 N–H and O–H groups in total. The van der Waals surface area contributed by atoms with Crippen molar-refractivity contribution in [2.45, 2.75) is 26.4 Å². The monoisotopic (exact) mass is 341 g/mol. The molecule has 2 heterocycles. The molecule has 9 nitrogen and oxygen atoms in total. The SMILES string of the molecule is CC(C)(C)OC(=O)n1cc(-c2ccc3nc(N)nc(NN)c3c2)cn1. The lowest BCUT2D eigenvalue weighted by molar-refractivity contribution is 0.0514. The van der Waals surface area contributed by atoms with Gasteiger partial charge >= 0.3 is 6.09 Å². The molecular weight excluding hydrogens is 322 g/mol. The summed E-state index contributed by atoms with van der Waals surface area (Å²) in [5.41, 5.74) is 9.80. The van der Waals surface area contributed by atoms with Gasteiger partial charge < -0.3 is 15.9 Å². The number of aromatic nitrogens is 4. The second-order valence-corrected chi connectivity index (χ2v) is 6.46. The van der Waals surface area contributed by atoms with E-state index in [4.69, 9.17) is 16.3 Å². The summed E-state index contributed by atoms with van der Waals surface area (Å²) in [6.45, 7) is 5.39. The lowest BCUT2D eigenvalue weighted by Gasteiger charge is -2.18. The number of ether oxygens (including phenoxy) is 1. The number of nitrogens with zero attached hydrogens (tertiary/aromatic N) is 4. The molecule has 0 radical (unpaired) electrons. The van der Waals surface area contributed by atoms with Crippen molar-refractivity contribution in [3.8, 4) is 11.1 Å². The first-order chi connectivity index (χ1) is 11.8. The summed E-state index contributed by atoms with van der Waals surface area (Å²) in [4.78, 5) is 20.3. The first kappa shape index (κ1) is 16.7. The van der Waals surface area contributed by atoms with E-state index >= 15 is 0 Å². The van der Waals surface area contributed by atoms with Crippen molar-refractivity contribution in [2.24, 2.45) is 5.84 Å². The Labute approximate surface area is 144 Å². The summed E-state index contributed by atoms with van der Waals surface area (Å²) in [5, 5.41) is 4.77. The fourth-order valence-electron chi connectivity index (χ4n) is 2.32. The predicted octanol–water partition coefficient (Wildman–Crippen LogP) is 2.14. The Hall–Kier alpha value is -3.20. The quantitative estimate of drug-likeness (QED) is 0.477. The van der Waals surface area contributed by atoms with E-state index in [-0.39, 0.29) is 5.95 Å². The lowest BCUT2D eigenvalue weighted by Crippen LogP contribution is -2.27. The van der Waals surface area contributed by atoms with Crippen LogP contribution < -0.4 is 17.0 Å². The predicted molar refractivity (Wildman–Crippen MR) is 94.6 cm³/mol. The number of fused-ring (bicyclic) bond motifs is 1. The molecule has 0 aliphatic carbocycles. The van der Waals surface area contributed by atoms with Crippen LogP contribution in [0.25, 0.3) is 22.0 Å². The van der Waals surface area contributed by atoms with E-state index in [0.29, 0.717) is 16.7 Å². The van der Waals surface area contributed by atoms with Gasteiger partial charge in [0.05, 0.1) is 11.7 Å². The smallest absolute Gasteiger partial charge is 0.435 e. The maximum atomic E-state index is 12.1. The average molecular weight is 341 g/mol. The van der Waals surface area contributed by atoms with Gasteiger partial charge in [-0.3, -0.25) is 0 Å². The largest absolute Gasteiger partial charge is 0.442 e. The second-order valence-electron chi connectivity index (χ2n) is 6.46. The standard InChI is InChI=1S/C16H19N7O2/c1-16(2,3)25-15(24)23-8-10(7-19-23)9-4-5-12-11(6-9)13(22-18)21-14(17)20-12/h4-8H,18H2,1-3H3,(H3,17,20,21,22). The number of nitrogens with two attached hydrogens (primary N) is 2. The number of hydrogen-bond donors (Lipinski definition) is 3. The van der Waals surface area contributed by atoms with E-state index < -0.39 is 11.7 Å². The molecule has 3 rings (SSSR count). The molecule has 0 saturated heterocycles. The third kappa shape index (κ3) is 3.50. The Morgan fingerprint density at radius 1 is 1.24 bits per heavy atom. The molecule has 0 spiro atoms. The van der Waals surface area contributed by atoms with Gasteiger partial charge in [-0.25, -0.2) is 15.6 Å². The number of nitrogens with one attached hydrogen (secondary N) is 1. The van der Waals surface area contributed by atoms with Crippen molar-refractivity contribution in [1.82, 2.24) is 19.7 Å². The zero-order chi connectivity index (χ0) is 18.2. The van der Waals surface area contributed by atoms with Crippen LogP contribution in [0, 0.1) is 0 Å². The van der Waals surface area contributed by atoms with Crippen molar-refractivity contribution in [1.29, 1.82) is 0 Å². The molecule has 3 aromatic rings. The fourth-order valence-corrected chi connectivity index (χ4v) is 2.32. The molecule has 0 bridgehead atoms. The minimum absolute atomic E-state index is 0.131. The minimum Gasteiger partial charge on any atom is -0.442 e. The van der Waals surface area contributed by atoms with Crippen LogP contribution in [0.4, 0.5) is 16.6 Å². The molecule has 0 fully saturated rings. The Bertz CT molecular complexity index is 943. The zero-order valence-corrected chi connectivity index (χ0v) is 14.1. The maximum Gasteiger partial charge on any atom is 0.435 e. The molecule has 1 aromatic carbocycles. The summed E-state index contributed by atoms with van der Waals surface area (Å²) in [5.74, 6) is 6.05. The summed E-state index contributed by atoms with van der Waals surface area (Å²) in [7, 11) is 0. The third-order valence-corrected chi connectivity index (χ3v) is 3.35. The van der Waals surface area contributed by atoms with E-state index in [0.717, 1.165) is 15.8 Å². The number of nitrogen functional groups attached to an aromatic ring is 2. The van der Waals surface area contributed by atoms with Crippen molar-refractivity contribution in [2.75, 3.05) is 11.2 Å². The van der Waals surface area contributed by atoms with Gasteiger partial charge in [0, 0.05) is 17.1 Å². The number of carbonyl (C=O) groups excluding carboxylic acids is 1. The molecule has 0 unspecified atom stereocenters. The normalized spacial score (nSPS) is 11.5. The van der Waals surface area contributed by atoms with Crippen molar-refractivity contribution < 1.29 is 9.53 Å². The van der Waals surface area contributed by atoms with E-state index in [1.54, 1.807) is 39.2 Å². The first-order valence-electron chi connectivity index (χ1n) is 7.59. The Morgan fingerprint density at radius 3 is 2.68 bits per heavy atom. The summed E-state index contributed by atoms with van der Waals surface area (Å²) >= 11 is 0. The molecule has 0 aliphatic rings. The lowest BCUT2D eigenvalue weighted by atomic mass is 10.1. The summed E-state index contributed by atoms with van der Waals surface area (Å²) in [6.07, 6.45) is 2.64.